The lowest BCUT2D eigenvalue weighted by Gasteiger charge is -2.32. The molecular weight excluding hydrogens is 255 g/mol. The summed E-state index contributed by atoms with van der Waals surface area (Å²) < 4.78 is 39.1. The second-order valence-electron chi connectivity index (χ2n) is 4.99. The van der Waals surface area contributed by atoms with Gasteiger partial charge in [-0.1, -0.05) is 13.8 Å². The molecule has 0 aliphatic rings. The smallest absolute Gasteiger partial charge is 0.371 e. The third kappa shape index (κ3) is 3.49. The van der Waals surface area contributed by atoms with E-state index in [-0.39, 0.29) is 23.2 Å². The number of carbonyl (C=O) groups excluding carboxylic acids is 1. The zero-order valence-electron chi connectivity index (χ0n) is 11.5. The molecule has 19 heavy (non-hydrogen) atoms. The van der Waals surface area contributed by atoms with Gasteiger partial charge in [0.05, 0.1) is 5.56 Å². The fraction of sp³-hybridized carbons (Fsp3) is 0.500. The summed E-state index contributed by atoms with van der Waals surface area (Å²) in [7, 11) is 1.63. The van der Waals surface area contributed by atoms with Gasteiger partial charge in [0.25, 0.3) is 0 Å². The monoisotopic (exact) mass is 273 g/mol. The van der Waals surface area contributed by atoms with E-state index in [0.29, 0.717) is 6.29 Å². The number of rotatable bonds is 4. The van der Waals surface area contributed by atoms with Crippen LogP contribution in [0.15, 0.2) is 18.2 Å². The lowest BCUT2D eigenvalue weighted by molar-refractivity contribution is -0.137. The zero-order chi connectivity index (χ0) is 14.8. The molecule has 2 nitrogen and oxygen atoms in total. The van der Waals surface area contributed by atoms with Gasteiger partial charge in [-0.2, -0.15) is 13.2 Å². The van der Waals surface area contributed by atoms with Crippen LogP contribution >= 0.6 is 0 Å². The molecule has 0 bridgehead atoms. The fourth-order valence-corrected chi connectivity index (χ4v) is 1.83. The summed E-state index contributed by atoms with van der Waals surface area (Å²) in [6.07, 6.45) is -4.05. The molecule has 1 rings (SSSR count). The number of hydrogen-bond acceptors (Lipinski definition) is 2. The normalized spacial score (nSPS) is 13.5. The van der Waals surface area contributed by atoms with Crippen molar-refractivity contribution in [3.8, 4) is 0 Å². The Morgan fingerprint density at radius 1 is 1.21 bits per heavy atom. The third-order valence-corrected chi connectivity index (χ3v) is 3.42. The molecule has 0 radical (unpaired) electrons. The number of alkyl halides is 3. The minimum atomic E-state index is -4.47. The van der Waals surface area contributed by atoms with E-state index in [2.05, 4.69) is 0 Å². The third-order valence-electron chi connectivity index (χ3n) is 3.42. The second kappa shape index (κ2) is 5.63. The van der Waals surface area contributed by atoms with Crippen molar-refractivity contribution < 1.29 is 18.0 Å². The highest BCUT2D eigenvalue weighted by molar-refractivity contribution is 5.77. The molecule has 1 unspecified atom stereocenters. The van der Waals surface area contributed by atoms with Crippen LogP contribution in [0.3, 0.4) is 0 Å². The molecule has 1 atom stereocenters. The van der Waals surface area contributed by atoms with Crippen LogP contribution in [0, 0.1) is 5.92 Å². The van der Waals surface area contributed by atoms with E-state index >= 15 is 0 Å². The predicted octanol–water partition coefficient (Wildman–Crippen LogP) is 4.00. The van der Waals surface area contributed by atoms with Gasteiger partial charge in [-0.25, -0.2) is 0 Å². The highest BCUT2D eigenvalue weighted by atomic mass is 19.4. The highest BCUT2D eigenvalue weighted by Gasteiger charge is 2.35. The largest absolute Gasteiger partial charge is 0.418 e. The van der Waals surface area contributed by atoms with E-state index in [1.165, 1.54) is 12.1 Å². The maximum absolute atomic E-state index is 13.0. The van der Waals surface area contributed by atoms with Crippen molar-refractivity contribution >= 4 is 12.0 Å². The number of benzene rings is 1. The van der Waals surface area contributed by atoms with Crippen molar-refractivity contribution in [3.05, 3.63) is 29.3 Å². The van der Waals surface area contributed by atoms with Gasteiger partial charge in [-0.05, 0) is 31.0 Å². The van der Waals surface area contributed by atoms with Gasteiger partial charge in [-0.15, -0.1) is 0 Å². The molecule has 106 valence electrons. The summed E-state index contributed by atoms with van der Waals surface area (Å²) in [5.74, 6) is 0.219. The lowest BCUT2D eigenvalue weighted by atomic mass is 10.0. The Morgan fingerprint density at radius 3 is 2.21 bits per heavy atom. The summed E-state index contributed by atoms with van der Waals surface area (Å²) in [5.41, 5.74) is -0.645. The lowest BCUT2D eigenvalue weighted by Crippen LogP contribution is -2.34. The molecule has 5 heteroatoms. The topological polar surface area (TPSA) is 20.3 Å². The van der Waals surface area contributed by atoms with Crippen LogP contribution in [0.2, 0.25) is 0 Å². The predicted molar refractivity (Wildman–Crippen MR) is 69.5 cm³/mol. The Labute approximate surface area is 111 Å². The SMILES string of the molecule is CC(C)C(C)N(C)c1ccc(C=O)cc1C(F)(F)F. The van der Waals surface area contributed by atoms with E-state index in [0.717, 1.165) is 6.07 Å². The maximum atomic E-state index is 13.0. The number of anilines is 1. The molecular formula is C14H18F3NO. The average Bonchev–Trinajstić information content (AvgIpc) is 2.35. The van der Waals surface area contributed by atoms with Gasteiger partial charge in [0.2, 0.25) is 0 Å². The Balaban J connectivity index is 3.31. The summed E-state index contributed by atoms with van der Waals surface area (Å²) in [4.78, 5) is 12.2. The summed E-state index contributed by atoms with van der Waals surface area (Å²) in [5, 5.41) is 0. The Bertz CT molecular complexity index is 454. The molecule has 0 saturated heterocycles. The average molecular weight is 273 g/mol. The first-order valence-corrected chi connectivity index (χ1v) is 6.07. The van der Waals surface area contributed by atoms with E-state index in [1.807, 2.05) is 20.8 Å². The van der Waals surface area contributed by atoms with Gasteiger partial charge in [0.1, 0.15) is 6.29 Å². The summed E-state index contributed by atoms with van der Waals surface area (Å²) in [6.45, 7) is 5.78. The van der Waals surface area contributed by atoms with E-state index < -0.39 is 11.7 Å². The van der Waals surface area contributed by atoms with Crippen LogP contribution in [0.25, 0.3) is 0 Å². The molecule has 0 heterocycles. The zero-order valence-corrected chi connectivity index (χ0v) is 11.5. The summed E-state index contributed by atoms with van der Waals surface area (Å²) in [6, 6.07) is 3.61. The van der Waals surface area contributed by atoms with Crippen LogP contribution in [-0.2, 0) is 6.18 Å². The Morgan fingerprint density at radius 2 is 1.79 bits per heavy atom. The molecule has 0 aliphatic carbocycles. The molecule has 0 saturated carbocycles. The molecule has 1 aromatic carbocycles. The quantitative estimate of drug-likeness (QED) is 0.773. The summed E-state index contributed by atoms with van der Waals surface area (Å²) >= 11 is 0. The molecule has 0 N–H and O–H groups in total. The van der Waals surface area contributed by atoms with Gasteiger partial charge < -0.3 is 4.90 Å². The van der Waals surface area contributed by atoms with Crippen molar-refractivity contribution in [2.45, 2.75) is 33.0 Å². The minimum Gasteiger partial charge on any atom is -0.371 e. The van der Waals surface area contributed by atoms with Gasteiger partial charge >= 0.3 is 6.18 Å². The number of nitrogens with zero attached hydrogens (tertiary/aromatic N) is 1. The van der Waals surface area contributed by atoms with Crippen molar-refractivity contribution in [2.75, 3.05) is 11.9 Å². The van der Waals surface area contributed by atoms with Crippen molar-refractivity contribution in [1.29, 1.82) is 0 Å². The van der Waals surface area contributed by atoms with Gasteiger partial charge in [0.15, 0.2) is 0 Å². The van der Waals surface area contributed by atoms with Crippen molar-refractivity contribution in [3.63, 3.8) is 0 Å². The van der Waals surface area contributed by atoms with E-state index in [1.54, 1.807) is 11.9 Å². The fourth-order valence-electron chi connectivity index (χ4n) is 1.83. The highest BCUT2D eigenvalue weighted by Crippen LogP contribution is 2.37. The van der Waals surface area contributed by atoms with Crippen LogP contribution in [0.5, 0.6) is 0 Å². The first kappa shape index (κ1) is 15.5. The number of halogens is 3. The number of hydrogen-bond donors (Lipinski definition) is 0. The number of carbonyl (C=O) groups is 1. The molecule has 0 aliphatic heterocycles. The second-order valence-corrected chi connectivity index (χ2v) is 4.99. The Hall–Kier alpha value is -1.52. The molecule has 0 aromatic heterocycles. The van der Waals surface area contributed by atoms with Crippen LogP contribution in [0.1, 0.15) is 36.7 Å². The van der Waals surface area contributed by atoms with Crippen molar-refractivity contribution in [1.82, 2.24) is 0 Å². The van der Waals surface area contributed by atoms with Gasteiger partial charge in [-0.3, -0.25) is 4.79 Å². The van der Waals surface area contributed by atoms with Crippen LogP contribution in [-0.4, -0.2) is 19.4 Å². The first-order valence-electron chi connectivity index (χ1n) is 6.07. The van der Waals surface area contributed by atoms with E-state index in [9.17, 15) is 18.0 Å². The first-order chi connectivity index (χ1) is 8.68. The maximum Gasteiger partial charge on any atom is 0.418 e. The minimum absolute atomic E-state index is 0.0293. The van der Waals surface area contributed by atoms with E-state index in [4.69, 9.17) is 0 Å². The van der Waals surface area contributed by atoms with Crippen LogP contribution < -0.4 is 4.90 Å². The Kier molecular flexibility index (Phi) is 4.61. The van der Waals surface area contributed by atoms with Crippen molar-refractivity contribution in [2.24, 2.45) is 5.92 Å². The molecule has 0 amide bonds. The number of aldehydes is 1. The molecule has 0 fully saturated rings. The standard InChI is InChI=1S/C14H18F3NO/c1-9(2)10(3)18(4)13-6-5-11(8-19)7-12(13)14(15,16)17/h5-10H,1-4H3. The molecule has 0 spiro atoms. The molecule has 1 aromatic rings. The van der Waals surface area contributed by atoms with Gasteiger partial charge in [0, 0.05) is 24.3 Å². The van der Waals surface area contributed by atoms with Crippen LogP contribution in [0.4, 0.5) is 18.9 Å².